The van der Waals surface area contributed by atoms with Crippen LogP contribution in [-0.2, 0) is 0 Å². The summed E-state index contributed by atoms with van der Waals surface area (Å²) >= 11 is 1.60. The first-order chi connectivity index (χ1) is 9.13. The summed E-state index contributed by atoms with van der Waals surface area (Å²) in [5.74, 6) is 1.70. The Hall–Kier alpha value is -1.14. The number of ether oxygens (including phenoxy) is 1. The molecule has 0 amide bonds. The topological polar surface area (TPSA) is 80.4 Å². The molecule has 0 aliphatic carbocycles. The molecular formula is C14H25N3O2S. The zero-order chi connectivity index (χ0) is 15.4. The van der Waals surface area contributed by atoms with Gasteiger partial charge in [0.15, 0.2) is 0 Å². The molecule has 1 atom stereocenters. The molecular weight excluding hydrogens is 274 g/mol. The fourth-order valence-electron chi connectivity index (χ4n) is 1.56. The summed E-state index contributed by atoms with van der Waals surface area (Å²) in [5.41, 5.74) is 5.22. The van der Waals surface area contributed by atoms with Gasteiger partial charge in [-0.25, -0.2) is 0 Å². The van der Waals surface area contributed by atoms with Gasteiger partial charge in [0, 0.05) is 12.3 Å². The summed E-state index contributed by atoms with van der Waals surface area (Å²) in [6.45, 7) is 8.03. The van der Waals surface area contributed by atoms with E-state index in [1.165, 1.54) is 0 Å². The van der Waals surface area contributed by atoms with Gasteiger partial charge < -0.3 is 20.9 Å². The molecule has 0 fully saturated rings. The van der Waals surface area contributed by atoms with Gasteiger partial charge in [0.1, 0.15) is 11.4 Å². The maximum atomic E-state index is 10.1. The summed E-state index contributed by atoms with van der Waals surface area (Å²) in [6.07, 6.45) is 1.96. The molecule has 0 saturated heterocycles. The van der Waals surface area contributed by atoms with Crippen LogP contribution in [0.15, 0.2) is 12.1 Å². The normalized spacial score (nSPS) is 14.7. The van der Waals surface area contributed by atoms with Crippen molar-refractivity contribution in [1.82, 2.24) is 4.98 Å². The summed E-state index contributed by atoms with van der Waals surface area (Å²) in [4.78, 5) is 4.34. The van der Waals surface area contributed by atoms with E-state index >= 15 is 0 Å². The molecule has 20 heavy (non-hydrogen) atoms. The number of nitrogens with one attached hydrogen (secondary N) is 1. The highest BCUT2D eigenvalue weighted by atomic mass is 32.2. The maximum absolute atomic E-state index is 10.1. The van der Waals surface area contributed by atoms with Crippen LogP contribution in [-0.4, -0.2) is 39.8 Å². The summed E-state index contributed by atoms with van der Waals surface area (Å²) in [5, 5.41) is 13.2. The number of nitrogens with zero attached hydrogens (tertiary/aromatic N) is 1. The van der Waals surface area contributed by atoms with E-state index in [0.29, 0.717) is 29.7 Å². The number of aromatic nitrogens is 1. The number of nitrogen functional groups attached to an aromatic ring is 1. The predicted octanol–water partition coefficient (Wildman–Crippen LogP) is 2.37. The van der Waals surface area contributed by atoms with Crippen molar-refractivity contribution < 1.29 is 9.84 Å². The van der Waals surface area contributed by atoms with Crippen molar-refractivity contribution in [3.8, 4) is 5.88 Å². The van der Waals surface area contributed by atoms with E-state index in [-0.39, 0.29) is 5.60 Å². The minimum atomic E-state index is -0.784. The zero-order valence-corrected chi connectivity index (χ0v) is 13.7. The van der Waals surface area contributed by atoms with Crippen LogP contribution < -0.4 is 15.8 Å². The van der Waals surface area contributed by atoms with Crippen molar-refractivity contribution in [1.29, 1.82) is 0 Å². The molecule has 0 spiro atoms. The zero-order valence-electron chi connectivity index (χ0n) is 12.9. The van der Waals surface area contributed by atoms with Crippen LogP contribution in [0.1, 0.15) is 27.7 Å². The first kappa shape index (κ1) is 16.9. The molecule has 0 aliphatic heterocycles. The highest BCUT2D eigenvalue weighted by Crippen LogP contribution is 2.25. The minimum absolute atomic E-state index is 0.357. The first-order valence-electron chi connectivity index (χ1n) is 6.54. The molecule has 1 heterocycles. The number of pyridine rings is 1. The number of thioether (sulfide) groups is 1. The summed E-state index contributed by atoms with van der Waals surface area (Å²) < 4.78 is 5.71. The third-order valence-electron chi connectivity index (χ3n) is 2.40. The summed E-state index contributed by atoms with van der Waals surface area (Å²) in [6, 6.07) is 3.53. The van der Waals surface area contributed by atoms with E-state index in [0.717, 1.165) is 0 Å². The first-order valence-corrected chi connectivity index (χ1v) is 7.93. The minimum Gasteiger partial charge on any atom is -0.470 e. The van der Waals surface area contributed by atoms with Crippen LogP contribution in [0.2, 0.25) is 0 Å². The second-order valence-electron chi connectivity index (χ2n) is 6.09. The molecule has 0 saturated carbocycles. The van der Waals surface area contributed by atoms with E-state index < -0.39 is 5.60 Å². The lowest BCUT2D eigenvalue weighted by Crippen LogP contribution is -2.36. The van der Waals surface area contributed by atoms with Crippen LogP contribution in [0.25, 0.3) is 0 Å². The number of anilines is 2. The molecule has 5 nitrogen and oxygen atoms in total. The Bertz CT molecular complexity index is 445. The molecule has 1 aromatic rings. The standard InChI is InChI=1S/C14H25N3O2S/c1-13(2,3)19-12-10(15)6-7-11(17-12)16-8-14(4,18)9-20-5/h6-7,18H,8-9,15H2,1-5H3,(H,16,17). The van der Waals surface area contributed by atoms with Crippen LogP contribution >= 0.6 is 11.8 Å². The molecule has 1 rings (SSSR count). The quantitative estimate of drug-likeness (QED) is 0.748. The van der Waals surface area contributed by atoms with Gasteiger partial charge in [-0.1, -0.05) is 0 Å². The predicted molar refractivity (Wildman–Crippen MR) is 86.5 cm³/mol. The highest BCUT2D eigenvalue weighted by molar-refractivity contribution is 7.98. The fourth-order valence-corrected chi connectivity index (χ4v) is 2.29. The van der Waals surface area contributed by atoms with Crippen molar-refractivity contribution >= 4 is 23.3 Å². The van der Waals surface area contributed by atoms with Gasteiger partial charge in [-0.05, 0) is 46.1 Å². The molecule has 6 heteroatoms. The Balaban J connectivity index is 2.75. The molecule has 4 N–H and O–H groups in total. The van der Waals surface area contributed by atoms with E-state index in [2.05, 4.69) is 10.3 Å². The number of hydrogen-bond donors (Lipinski definition) is 3. The van der Waals surface area contributed by atoms with Crippen molar-refractivity contribution in [2.24, 2.45) is 0 Å². The Labute approximate surface area is 125 Å². The number of hydrogen-bond acceptors (Lipinski definition) is 6. The van der Waals surface area contributed by atoms with Gasteiger partial charge in [-0.2, -0.15) is 16.7 Å². The Morgan fingerprint density at radius 1 is 1.35 bits per heavy atom. The van der Waals surface area contributed by atoms with Gasteiger partial charge >= 0.3 is 0 Å². The fraction of sp³-hybridized carbons (Fsp3) is 0.643. The Morgan fingerprint density at radius 3 is 2.55 bits per heavy atom. The molecule has 1 unspecified atom stereocenters. The van der Waals surface area contributed by atoms with Gasteiger partial charge in [-0.3, -0.25) is 0 Å². The molecule has 1 aromatic heterocycles. The monoisotopic (exact) mass is 299 g/mol. The largest absolute Gasteiger partial charge is 0.470 e. The van der Waals surface area contributed by atoms with Crippen LogP contribution in [0.3, 0.4) is 0 Å². The second kappa shape index (κ2) is 6.54. The van der Waals surface area contributed by atoms with E-state index in [4.69, 9.17) is 10.5 Å². The van der Waals surface area contributed by atoms with Gasteiger partial charge in [0.05, 0.1) is 11.3 Å². The average Bonchev–Trinajstić information content (AvgIpc) is 2.28. The SMILES string of the molecule is CSCC(C)(O)CNc1ccc(N)c(OC(C)(C)C)n1. The molecule has 0 aromatic carbocycles. The van der Waals surface area contributed by atoms with Crippen molar-refractivity contribution in [3.63, 3.8) is 0 Å². The van der Waals surface area contributed by atoms with Crippen LogP contribution in [0.5, 0.6) is 5.88 Å². The van der Waals surface area contributed by atoms with Gasteiger partial charge in [0.2, 0.25) is 5.88 Å². The summed E-state index contributed by atoms with van der Waals surface area (Å²) in [7, 11) is 0. The van der Waals surface area contributed by atoms with E-state index in [1.807, 2.05) is 27.0 Å². The van der Waals surface area contributed by atoms with Gasteiger partial charge in [-0.15, -0.1) is 0 Å². The average molecular weight is 299 g/mol. The smallest absolute Gasteiger partial charge is 0.239 e. The van der Waals surface area contributed by atoms with Crippen LogP contribution in [0, 0.1) is 0 Å². The molecule has 0 aliphatic rings. The van der Waals surface area contributed by atoms with Crippen molar-refractivity contribution in [2.45, 2.75) is 38.9 Å². The lowest BCUT2D eigenvalue weighted by molar-refractivity contribution is 0.0994. The van der Waals surface area contributed by atoms with E-state index in [9.17, 15) is 5.11 Å². The van der Waals surface area contributed by atoms with Crippen molar-refractivity contribution in [3.05, 3.63) is 12.1 Å². The molecule has 114 valence electrons. The highest BCUT2D eigenvalue weighted by Gasteiger charge is 2.20. The maximum Gasteiger partial charge on any atom is 0.239 e. The van der Waals surface area contributed by atoms with Crippen LogP contribution in [0.4, 0.5) is 11.5 Å². The van der Waals surface area contributed by atoms with Gasteiger partial charge in [0.25, 0.3) is 0 Å². The number of aliphatic hydroxyl groups is 1. The number of nitrogens with two attached hydrogens (primary N) is 1. The molecule has 0 bridgehead atoms. The Morgan fingerprint density at radius 2 is 2.00 bits per heavy atom. The third-order valence-corrected chi connectivity index (χ3v) is 3.31. The van der Waals surface area contributed by atoms with E-state index in [1.54, 1.807) is 30.8 Å². The molecule has 0 radical (unpaired) electrons. The van der Waals surface area contributed by atoms with Crippen molar-refractivity contribution in [2.75, 3.05) is 29.6 Å². The number of rotatable bonds is 6. The lowest BCUT2D eigenvalue weighted by Gasteiger charge is -2.24. The Kier molecular flexibility index (Phi) is 5.53. The third kappa shape index (κ3) is 5.88. The lowest BCUT2D eigenvalue weighted by atomic mass is 10.1. The second-order valence-corrected chi connectivity index (χ2v) is 6.95.